The first-order valence-electron chi connectivity index (χ1n) is 16.9. The summed E-state index contributed by atoms with van der Waals surface area (Å²) in [6, 6.07) is 18.1. The fraction of sp³-hybridized carbons (Fsp3) is 0.500. The third kappa shape index (κ3) is 5.51. The van der Waals surface area contributed by atoms with Crippen LogP contribution in [0, 0.1) is 17.8 Å². The molecule has 3 saturated heterocycles. The molecule has 2 aromatic carbocycles. The molecule has 2 aromatic rings. The highest BCUT2D eigenvalue weighted by Gasteiger charge is 2.77. The van der Waals surface area contributed by atoms with Crippen LogP contribution in [-0.4, -0.2) is 80.4 Å². The van der Waals surface area contributed by atoms with Crippen molar-refractivity contribution in [2.75, 3.05) is 24.6 Å². The lowest BCUT2D eigenvalue weighted by molar-refractivity contribution is -0.147. The van der Waals surface area contributed by atoms with E-state index in [0.717, 1.165) is 49.8 Å². The van der Waals surface area contributed by atoms with E-state index < -0.39 is 28.7 Å². The zero-order valence-corrected chi connectivity index (χ0v) is 27.7. The predicted octanol–water partition coefficient (Wildman–Crippen LogP) is 5.49. The molecule has 3 heterocycles. The van der Waals surface area contributed by atoms with Crippen LogP contribution < -0.4 is 4.90 Å². The summed E-state index contributed by atoms with van der Waals surface area (Å²) in [5.74, 6) is -1.53. The van der Waals surface area contributed by atoms with Crippen molar-refractivity contribution in [2.24, 2.45) is 17.8 Å². The van der Waals surface area contributed by atoms with Crippen molar-refractivity contribution in [1.82, 2.24) is 9.80 Å². The summed E-state index contributed by atoms with van der Waals surface area (Å²) in [4.78, 5) is 50.3. The highest BCUT2D eigenvalue weighted by molar-refractivity contribution is 8.02. The van der Waals surface area contributed by atoms with Gasteiger partial charge in [0, 0.05) is 30.1 Å². The topological polar surface area (TPSA) is 81.2 Å². The van der Waals surface area contributed by atoms with Crippen LogP contribution in [0.15, 0.2) is 86.0 Å². The van der Waals surface area contributed by atoms with Gasteiger partial charge in [-0.05, 0) is 49.3 Å². The molecule has 7 atom stereocenters. The number of fused-ring (bicyclic) bond motifs is 1. The zero-order chi connectivity index (χ0) is 32.4. The van der Waals surface area contributed by atoms with Crippen molar-refractivity contribution in [3.8, 4) is 0 Å². The molecule has 3 amide bonds. The smallest absolute Gasteiger partial charge is 0.247 e. The fourth-order valence-electron chi connectivity index (χ4n) is 8.90. The first-order valence-corrected chi connectivity index (χ1v) is 17.8. The van der Waals surface area contributed by atoms with Gasteiger partial charge in [-0.3, -0.25) is 14.4 Å². The Morgan fingerprint density at radius 1 is 1.00 bits per heavy atom. The largest absolute Gasteiger partial charge is 0.394 e. The number of hydrogen-bond acceptors (Lipinski definition) is 5. The first kappa shape index (κ1) is 32.6. The van der Waals surface area contributed by atoms with Crippen molar-refractivity contribution in [2.45, 2.75) is 80.0 Å². The van der Waals surface area contributed by atoms with Crippen molar-refractivity contribution in [3.63, 3.8) is 0 Å². The average molecular weight is 642 g/mol. The van der Waals surface area contributed by atoms with Gasteiger partial charge in [-0.25, -0.2) is 0 Å². The van der Waals surface area contributed by atoms with E-state index in [2.05, 4.69) is 20.1 Å². The van der Waals surface area contributed by atoms with Crippen LogP contribution in [-0.2, 0) is 20.8 Å². The Hall–Kier alpha value is -3.36. The summed E-state index contributed by atoms with van der Waals surface area (Å²) in [5.41, 5.74) is 1.76. The molecule has 4 fully saturated rings. The average Bonchev–Trinajstić information content (AvgIpc) is 3.69. The number of likely N-dealkylation sites (tertiary alicyclic amines) is 1. The number of carbonyl (C=O) groups excluding carboxylic acids is 3. The van der Waals surface area contributed by atoms with Crippen LogP contribution in [0.5, 0.6) is 0 Å². The van der Waals surface area contributed by atoms with Gasteiger partial charge in [-0.2, -0.15) is 0 Å². The standard InChI is InChI=1S/C38H47N3O4S/c1-4-21-39(28-17-11-7-12-18-28)35(43)32-31-23-26(3)38(46-31)33(32)36(44)41(30(25-42)24-27-15-9-6-10-16-27)34(38)37(45)40(22-5-2)29-19-13-8-14-20-29/h4-7,9-12,15-18,26,29-34,42H,1-2,8,13-14,19-25H2,3H3/t26?,30-,31-,32+,33+,34?,38?/m1/s1. The molecule has 0 aromatic heterocycles. The van der Waals surface area contributed by atoms with E-state index in [1.54, 1.807) is 33.7 Å². The molecule has 4 aliphatic rings. The molecule has 1 N–H and O–H groups in total. The summed E-state index contributed by atoms with van der Waals surface area (Å²) in [7, 11) is 0. The molecule has 1 spiro atoms. The molecule has 46 heavy (non-hydrogen) atoms. The molecule has 1 saturated carbocycles. The van der Waals surface area contributed by atoms with Crippen LogP contribution in [0.1, 0.15) is 51.0 Å². The third-order valence-electron chi connectivity index (χ3n) is 10.9. The second-order valence-corrected chi connectivity index (χ2v) is 15.0. The second kappa shape index (κ2) is 13.8. The highest BCUT2D eigenvalue weighted by atomic mass is 32.2. The minimum Gasteiger partial charge on any atom is -0.394 e. The Labute approximate surface area is 277 Å². The van der Waals surface area contributed by atoms with E-state index in [-0.39, 0.29) is 41.5 Å². The maximum absolute atomic E-state index is 15.1. The number of hydrogen-bond donors (Lipinski definition) is 1. The lowest BCUT2D eigenvalue weighted by Gasteiger charge is -2.44. The molecule has 3 unspecified atom stereocenters. The summed E-state index contributed by atoms with van der Waals surface area (Å²) >= 11 is 1.69. The number of thioether (sulfide) groups is 1. The Bertz CT molecular complexity index is 1430. The van der Waals surface area contributed by atoms with Crippen LogP contribution in [0.3, 0.4) is 0 Å². The van der Waals surface area contributed by atoms with Gasteiger partial charge in [0.2, 0.25) is 17.7 Å². The quantitative estimate of drug-likeness (QED) is 0.310. The van der Waals surface area contributed by atoms with Gasteiger partial charge in [0.05, 0.1) is 29.2 Å². The predicted molar refractivity (Wildman–Crippen MR) is 184 cm³/mol. The summed E-state index contributed by atoms with van der Waals surface area (Å²) in [6.45, 7) is 10.5. The number of amides is 3. The molecule has 8 heteroatoms. The number of para-hydroxylation sites is 1. The molecular weight excluding hydrogens is 595 g/mol. The van der Waals surface area contributed by atoms with Crippen molar-refractivity contribution >= 4 is 35.2 Å². The fourth-order valence-corrected chi connectivity index (χ4v) is 11.3. The van der Waals surface area contributed by atoms with E-state index in [4.69, 9.17) is 0 Å². The van der Waals surface area contributed by atoms with Gasteiger partial charge < -0.3 is 19.8 Å². The summed E-state index contributed by atoms with van der Waals surface area (Å²) in [6.07, 6.45) is 9.87. The number of nitrogens with zero attached hydrogens (tertiary/aromatic N) is 3. The van der Waals surface area contributed by atoms with E-state index in [1.807, 2.05) is 65.6 Å². The number of carbonyl (C=O) groups is 3. The third-order valence-corrected chi connectivity index (χ3v) is 13.0. The lowest BCUT2D eigenvalue weighted by atomic mass is 9.65. The summed E-state index contributed by atoms with van der Waals surface area (Å²) < 4.78 is -0.770. The Morgan fingerprint density at radius 3 is 2.28 bits per heavy atom. The number of anilines is 1. The van der Waals surface area contributed by atoms with Crippen molar-refractivity contribution in [3.05, 3.63) is 91.5 Å². The van der Waals surface area contributed by atoms with Gasteiger partial charge >= 0.3 is 0 Å². The Morgan fingerprint density at radius 2 is 1.65 bits per heavy atom. The Balaban J connectivity index is 1.45. The van der Waals surface area contributed by atoms with E-state index in [0.29, 0.717) is 19.5 Å². The van der Waals surface area contributed by atoms with Gasteiger partial charge in [0.15, 0.2) is 0 Å². The maximum atomic E-state index is 15.1. The summed E-state index contributed by atoms with van der Waals surface area (Å²) in [5, 5.41) is 10.8. The number of aliphatic hydroxyl groups excluding tert-OH is 1. The van der Waals surface area contributed by atoms with Gasteiger partial charge in [-0.15, -0.1) is 24.9 Å². The van der Waals surface area contributed by atoms with Crippen molar-refractivity contribution in [1.29, 1.82) is 0 Å². The normalized spacial score (nSPS) is 29.3. The van der Waals surface area contributed by atoms with Crippen LogP contribution >= 0.6 is 11.8 Å². The van der Waals surface area contributed by atoms with Crippen LogP contribution in [0.2, 0.25) is 0 Å². The zero-order valence-electron chi connectivity index (χ0n) is 26.9. The van der Waals surface area contributed by atoms with Gasteiger partial charge in [0.1, 0.15) is 6.04 Å². The first-order chi connectivity index (χ1) is 22.4. The molecule has 2 bridgehead atoms. The number of rotatable bonds is 12. The maximum Gasteiger partial charge on any atom is 0.247 e. The molecule has 244 valence electrons. The van der Waals surface area contributed by atoms with Crippen molar-refractivity contribution < 1.29 is 19.5 Å². The minimum atomic E-state index is -0.778. The van der Waals surface area contributed by atoms with Crippen LogP contribution in [0.25, 0.3) is 0 Å². The number of aliphatic hydroxyl groups is 1. The lowest BCUT2D eigenvalue weighted by Crippen LogP contribution is -2.61. The molecule has 0 radical (unpaired) electrons. The minimum absolute atomic E-state index is 0.0389. The Kier molecular flexibility index (Phi) is 9.76. The van der Waals surface area contributed by atoms with Gasteiger partial charge in [-0.1, -0.05) is 86.9 Å². The SMILES string of the molecule is C=CCN(C(=O)[C@@H]1[C@H]2C(=O)N([C@@H](CO)Cc3ccccc3)C(C(=O)N(CC=C)C3CCCCC3)C23S[C@@H]1CC3C)c1ccccc1. The molecule has 6 rings (SSSR count). The molecule has 1 aliphatic carbocycles. The molecular formula is C38H47N3O4S. The highest BCUT2D eigenvalue weighted by Crippen LogP contribution is 2.69. The van der Waals surface area contributed by atoms with E-state index in [1.165, 1.54) is 0 Å². The monoisotopic (exact) mass is 641 g/mol. The van der Waals surface area contributed by atoms with E-state index in [9.17, 15) is 9.90 Å². The molecule has 3 aliphatic heterocycles. The molecule has 7 nitrogen and oxygen atoms in total. The second-order valence-electron chi connectivity index (χ2n) is 13.5. The van der Waals surface area contributed by atoms with Gasteiger partial charge in [0.25, 0.3) is 0 Å². The van der Waals surface area contributed by atoms with Crippen LogP contribution in [0.4, 0.5) is 5.69 Å². The van der Waals surface area contributed by atoms with E-state index >= 15 is 9.59 Å². The number of benzene rings is 2.